The molecular formula is C10H16N4. The Morgan fingerprint density at radius 1 is 1.57 bits per heavy atom. The number of aromatic nitrogens is 2. The molecule has 4 nitrogen and oxygen atoms in total. The average molecular weight is 192 g/mol. The van der Waals surface area contributed by atoms with Crippen LogP contribution in [0.15, 0.2) is 12.3 Å². The third-order valence-electron chi connectivity index (χ3n) is 2.59. The molecule has 2 N–H and O–H groups in total. The first-order valence-corrected chi connectivity index (χ1v) is 5.03. The summed E-state index contributed by atoms with van der Waals surface area (Å²) in [6.45, 7) is 1.60. The zero-order valence-electron chi connectivity index (χ0n) is 8.48. The first-order chi connectivity index (χ1) is 6.81. The van der Waals surface area contributed by atoms with Crippen molar-refractivity contribution in [3.63, 3.8) is 0 Å². The number of rotatable bonds is 4. The van der Waals surface area contributed by atoms with E-state index in [1.807, 2.05) is 6.07 Å². The average Bonchev–Trinajstić information content (AvgIpc) is 3.01. The molecule has 1 fully saturated rings. The topological polar surface area (TPSA) is 55.0 Å². The molecule has 0 radical (unpaired) electrons. The molecule has 76 valence electrons. The summed E-state index contributed by atoms with van der Waals surface area (Å²) in [4.78, 5) is 2.16. The number of anilines is 1. The van der Waals surface area contributed by atoms with Crippen molar-refractivity contribution in [2.45, 2.75) is 19.4 Å². The minimum absolute atomic E-state index is 0.528. The third-order valence-corrected chi connectivity index (χ3v) is 2.59. The van der Waals surface area contributed by atoms with Gasteiger partial charge in [-0.1, -0.05) is 0 Å². The SMILES string of the molecule is CN(CC1CC1)c1nnccc1CN. The second-order valence-electron chi connectivity index (χ2n) is 3.91. The summed E-state index contributed by atoms with van der Waals surface area (Å²) >= 11 is 0. The lowest BCUT2D eigenvalue weighted by molar-refractivity contribution is 0.760. The van der Waals surface area contributed by atoms with Gasteiger partial charge in [0.1, 0.15) is 0 Å². The van der Waals surface area contributed by atoms with Gasteiger partial charge < -0.3 is 10.6 Å². The summed E-state index contributed by atoms with van der Waals surface area (Å²) in [5.74, 6) is 1.79. The van der Waals surface area contributed by atoms with Crippen molar-refractivity contribution < 1.29 is 0 Å². The maximum Gasteiger partial charge on any atom is 0.155 e. The van der Waals surface area contributed by atoms with Crippen LogP contribution in [0.25, 0.3) is 0 Å². The molecule has 4 heteroatoms. The van der Waals surface area contributed by atoms with E-state index in [0.717, 1.165) is 23.8 Å². The van der Waals surface area contributed by atoms with Gasteiger partial charge in [0.15, 0.2) is 5.82 Å². The van der Waals surface area contributed by atoms with Crippen molar-refractivity contribution in [2.24, 2.45) is 11.7 Å². The van der Waals surface area contributed by atoms with E-state index in [-0.39, 0.29) is 0 Å². The van der Waals surface area contributed by atoms with Crippen LogP contribution in [0.3, 0.4) is 0 Å². The van der Waals surface area contributed by atoms with Crippen LogP contribution in [-0.2, 0) is 6.54 Å². The minimum atomic E-state index is 0.528. The first-order valence-electron chi connectivity index (χ1n) is 5.03. The van der Waals surface area contributed by atoms with Gasteiger partial charge in [-0.15, -0.1) is 5.10 Å². The maximum absolute atomic E-state index is 5.64. The van der Waals surface area contributed by atoms with Gasteiger partial charge in [-0.25, -0.2) is 0 Å². The minimum Gasteiger partial charge on any atom is -0.358 e. The molecule has 2 rings (SSSR count). The molecular weight excluding hydrogens is 176 g/mol. The Kier molecular flexibility index (Phi) is 2.63. The fraction of sp³-hybridized carbons (Fsp3) is 0.600. The van der Waals surface area contributed by atoms with Crippen LogP contribution in [0.4, 0.5) is 5.82 Å². The number of hydrogen-bond donors (Lipinski definition) is 1. The number of nitrogens with zero attached hydrogens (tertiary/aromatic N) is 3. The highest BCUT2D eigenvalue weighted by Gasteiger charge is 2.24. The lowest BCUT2D eigenvalue weighted by Crippen LogP contribution is -2.23. The molecule has 14 heavy (non-hydrogen) atoms. The Hall–Kier alpha value is -1.16. The van der Waals surface area contributed by atoms with Gasteiger partial charge in [-0.2, -0.15) is 5.10 Å². The lowest BCUT2D eigenvalue weighted by atomic mass is 10.2. The molecule has 0 unspecified atom stereocenters. The van der Waals surface area contributed by atoms with Crippen LogP contribution in [-0.4, -0.2) is 23.8 Å². The van der Waals surface area contributed by atoms with Crippen LogP contribution in [0.1, 0.15) is 18.4 Å². The number of hydrogen-bond acceptors (Lipinski definition) is 4. The van der Waals surface area contributed by atoms with Gasteiger partial charge >= 0.3 is 0 Å². The monoisotopic (exact) mass is 192 g/mol. The largest absolute Gasteiger partial charge is 0.358 e. The van der Waals surface area contributed by atoms with E-state index >= 15 is 0 Å². The highest BCUT2D eigenvalue weighted by atomic mass is 15.2. The zero-order valence-corrected chi connectivity index (χ0v) is 8.48. The summed E-state index contributed by atoms with van der Waals surface area (Å²) in [5, 5.41) is 8.02. The Bertz CT molecular complexity index is 309. The molecule has 0 aliphatic heterocycles. The summed E-state index contributed by atoms with van der Waals surface area (Å²) in [7, 11) is 2.06. The molecule has 0 saturated heterocycles. The van der Waals surface area contributed by atoms with Crippen molar-refractivity contribution in [3.05, 3.63) is 17.8 Å². The van der Waals surface area contributed by atoms with E-state index in [0.29, 0.717) is 6.54 Å². The molecule has 1 heterocycles. The molecule has 1 aromatic rings. The smallest absolute Gasteiger partial charge is 0.155 e. The molecule has 0 spiro atoms. The Labute approximate surface area is 84.1 Å². The molecule has 0 amide bonds. The van der Waals surface area contributed by atoms with E-state index in [1.54, 1.807) is 6.20 Å². The molecule has 0 atom stereocenters. The van der Waals surface area contributed by atoms with Crippen molar-refractivity contribution >= 4 is 5.82 Å². The highest BCUT2D eigenvalue weighted by molar-refractivity contribution is 5.44. The van der Waals surface area contributed by atoms with Gasteiger partial charge in [0, 0.05) is 25.7 Å². The van der Waals surface area contributed by atoms with Gasteiger partial charge in [0.2, 0.25) is 0 Å². The standard InChI is InChI=1S/C10H16N4/c1-14(7-8-2-3-8)10-9(6-11)4-5-12-13-10/h4-5,8H,2-3,6-7,11H2,1H3. The third kappa shape index (κ3) is 2.01. The van der Waals surface area contributed by atoms with Crippen molar-refractivity contribution in [3.8, 4) is 0 Å². The summed E-state index contributed by atoms with van der Waals surface area (Å²) in [5.41, 5.74) is 6.71. The van der Waals surface area contributed by atoms with Crippen LogP contribution in [0.2, 0.25) is 0 Å². The lowest BCUT2D eigenvalue weighted by Gasteiger charge is -2.19. The van der Waals surface area contributed by atoms with Crippen LogP contribution >= 0.6 is 0 Å². The van der Waals surface area contributed by atoms with Crippen LogP contribution < -0.4 is 10.6 Å². The fourth-order valence-electron chi connectivity index (χ4n) is 1.61. The summed E-state index contributed by atoms with van der Waals surface area (Å²) < 4.78 is 0. The van der Waals surface area contributed by atoms with Crippen molar-refractivity contribution in [2.75, 3.05) is 18.5 Å². The van der Waals surface area contributed by atoms with Gasteiger partial charge in [0.25, 0.3) is 0 Å². The predicted octanol–water partition coefficient (Wildman–Crippen LogP) is 0.781. The van der Waals surface area contributed by atoms with Crippen LogP contribution in [0, 0.1) is 5.92 Å². The van der Waals surface area contributed by atoms with Gasteiger partial charge in [0.05, 0.1) is 6.20 Å². The second kappa shape index (κ2) is 3.92. The molecule has 0 aromatic carbocycles. The number of nitrogens with two attached hydrogens (primary N) is 1. The maximum atomic E-state index is 5.64. The zero-order chi connectivity index (χ0) is 9.97. The quantitative estimate of drug-likeness (QED) is 0.766. The van der Waals surface area contributed by atoms with Gasteiger partial charge in [-0.05, 0) is 24.8 Å². The van der Waals surface area contributed by atoms with Crippen molar-refractivity contribution in [1.29, 1.82) is 0 Å². The van der Waals surface area contributed by atoms with Crippen LogP contribution in [0.5, 0.6) is 0 Å². The molecule has 1 aliphatic rings. The fourth-order valence-corrected chi connectivity index (χ4v) is 1.61. The highest BCUT2D eigenvalue weighted by Crippen LogP contribution is 2.30. The first kappa shape index (κ1) is 9.40. The van der Waals surface area contributed by atoms with Gasteiger partial charge in [-0.3, -0.25) is 0 Å². The van der Waals surface area contributed by atoms with E-state index in [9.17, 15) is 0 Å². The van der Waals surface area contributed by atoms with E-state index in [1.165, 1.54) is 12.8 Å². The Balaban J connectivity index is 2.11. The Morgan fingerprint density at radius 2 is 2.36 bits per heavy atom. The van der Waals surface area contributed by atoms with E-state index < -0.39 is 0 Å². The second-order valence-corrected chi connectivity index (χ2v) is 3.91. The molecule has 1 saturated carbocycles. The molecule has 1 aliphatic carbocycles. The summed E-state index contributed by atoms with van der Waals surface area (Å²) in [6, 6.07) is 1.94. The molecule has 1 aromatic heterocycles. The van der Waals surface area contributed by atoms with Crippen molar-refractivity contribution in [1.82, 2.24) is 10.2 Å². The van der Waals surface area contributed by atoms with E-state index in [4.69, 9.17) is 5.73 Å². The van der Waals surface area contributed by atoms with E-state index in [2.05, 4.69) is 22.1 Å². The Morgan fingerprint density at radius 3 is 3.00 bits per heavy atom. The molecule has 0 bridgehead atoms. The predicted molar refractivity (Wildman–Crippen MR) is 55.9 cm³/mol. The normalized spacial score (nSPS) is 15.6. The summed E-state index contributed by atoms with van der Waals surface area (Å²) in [6.07, 6.45) is 4.39.